The molecule has 2 rings (SSSR count). The molecule has 0 aliphatic heterocycles. The number of amides is 2. The Kier molecular flexibility index (Phi) is 5.36. The molecular formula is C15H15ClN2O2S. The minimum Gasteiger partial charge on any atom is -0.350 e. The molecule has 2 amide bonds. The standard InChI is InChI=1S/C15H15ClN2O2S/c1-11(19)18(13-6-4-12(16)5-7-13)9-8-17-15(20)14-3-2-10-21-14/h2-7,10H,8-9H2,1H3,(H,17,20). The van der Waals surface area contributed by atoms with Crippen molar-refractivity contribution in [3.8, 4) is 0 Å². The lowest BCUT2D eigenvalue weighted by Gasteiger charge is -2.21. The zero-order chi connectivity index (χ0) is 15.2. The van der Waals surface area contributed by atoms with Gasteiger partial charge in [0.15, 0.2) is 0 Å². The molecule has 0 aliphatic carbocycles. The summed E-state index contributed by atoms with van der Waals surface area (Å²) in [6.45, 7) is 2.29. The Morgan fingerprint density at radius 3 is 2.52 bits per heavy atom. The summed E-state index contributed by atoms with van der Waals surface area (Å²) >= 11 is 7.23. The summed E-state index contributed by atoms with van der Waals surface area (Å²) in [6.07, 6.45) is 0. The first-order valence-corrected chi connectivity index (χ1v) is 7.69. The summed E-state index contributed by atoms with van der Waals surface area (Å²) in [5.41, 5.74) is 0.761. The quantitative estimate of drug-likeness (QED) is 0.919. The van der Waals surface area contributed by atoms with Crippen LogP contribution in [0.4, 0.5) is 5.69 Å². The molecule has 4 nitrogen and oxygen atoms in total. The summed E-state index contributed by atoms with van der Waals surface area (Å²) in [5.74, 6) is -0.202. The maximum Gasteiger partial charge on any atom is 0.261 e. The maximum absolute atomic E-state index is 11.8. The largest absolute Gasteiger partial charge is 0.350 e. The number of carbonyl (C=O) groups is 2. The van der Waals surface area contributed by atoms with Crippen LogP contribution in [-0.4, -0.2) is 24.9 Å². The molecule has 0 spiro atoms. The van der Waals surface area contributed by atoms with Crippen molar-refractivity contribution < 1.29 is 9.59 Å². The molecule has 6 heteroatoms. The number of rotatable bonds is 5. The monoisotopic (exact) mass is 322 g/mol. The summed E-state index contributed by atoms with van der Waals surface area (Å²) in [4.78, 5) is 25.8. The van der Waals surface area contributed by atoms with Crippen LogP contribution in [-0.2, 0) is 4.79 Å². The normalized spacial score (nSPS) is 10.2. The Morgan fingerprint density at radius 1 is 1.24 bits per heavy atom. The SMILES string of the molecule is CC(=O)N(CCNC(=O)c1cccs1)c1ccc(Cl)cc1. The van der Waals surface area contributed by atoms with Gasteiger partial charge in [-0.15, -0.1) is 11.3 Å². The third-order valence-corrected chi connectivity index (χ3v) is 4.00. The summed E-state index contributed by atoms with van der Waals surface area (Å²) in [6, 6.07) is 10.6. The molecule has 1 aromatic carbocycles. The molecule has 0 radical (unpaired) electrons. The maximum atomic E-state index is 11.8. The molecule has 1 heterocycles. The van der Waals surface area contributed by atoms with Crippen LogP contribution in [0.15, 0.2) is 41.8 Å². The number of thiophene rings is 1. The highest BCUT2D eigenvalue weighted by molar-refractivity contribution is 7.12. The Labute approximate surface area is 132 Å². The van der Waals surface area contributed by atoms with Crippen molar-refractivity contribution in [1.29, 1.82) is 0 Å². The van der Waals surface area contributed by atoms with Gasteiger partial charge in [0.05, 0.1) is 4.88 Å². The number of benzene rings is 1. The van der Waals surface area contributed by atoms with E-state index >= 15 is 0 Å². The number of hydrogen-bond acceptors (Lipinski definition) is 3. The van der Waals surface area contributed by atoms with Crippen molar-refractivity contribution >= 4 is 40.4 Å². The van der Waals surface area contributed by atoms with Crippen LogP contribution in [0.1, 0.15) is 16.6 Å². The third-order valence-electron chi connectivity index (χ3n) is 2.88. The van der Waals surface area contributed by atoms with Crippen LogP contribution in [0.25, 0.3) is 0 Å². The van der Waals surface area contributed by atoms with Crippen molar-refractivity contribution in [2.24, 2.45) is 0 Å². The predicted octanol–water partition coefficient (Wildman–Crippen LogP) is 3.18. The predicted molar refractivity (Wildman–Crippen MR) is 86.1 cm³/mol. The minimum absolute atomic E-state index is 0.0808. The Balaban J connectivity index is 1.93. The van der Waals surface area contributed by atoms with Crippen LogP contribution < -0.4 is 10.2 Å². The van der Waals surface area contributed by atoms with Crippen LogP contribution in [0.2, 0.25) is 5.02 Å². The zero-order valence-corrected chi connectivity index (χ0v) is 13.1. The van der Waals surface area contributed by atoms with Crippen molar-refractivity contribution in [2.75, 3.05) is 18.0 Å². The number of halogens is 1. The van der Waals surface area contributed by atoms with Gasteiger partial charge in [-0.25, -0.2) is 0 Å². The number of nitrogens with one attached hydrogen (secondary N) is 1. The van der Waals surface area contributed by atoms with Gasteiger partial charge >= 0.3 is 0 Å². The van der Waals surface area contributed by atoms with Crippen molar-refractivity contribution in [3.63, 3.8) is 0 Å². The Hall–Kier alpha value is -1.85. The van der Waals surface area contributed by atoms with E-state index in [0.29, 0.717) is 23.0 Å². The molecule has 110 valence electrons. The fraction of sp³-hybridized carbons (Fsp3) is 0.200. The average molecular weight is 323 g/mol. The molecule has 2 aromatic rings. The minimum atomic E-state index is -0.121. The van der Waals surface area contributed by atoms with Crippen molar-refractivity contribution in [3.05, 3.63) is 51.7 Å². The first-order chi connectivity index (χ1) is 10.1. The van der Waals surface area contributed by atoms with Crippen LogP contribution >= 0.6 is 22.9 Å². The number of nitrogens with zero attached hydrogens (tertiary/aromatic N) is 1. The molecule has 0 saturated heterocycles. The lowest BCUT2D eigenvalue weighted by Crippen LogP contribution is -2.37. The summed E-state index contributed by atoms with van der Waals surface area (Å²) < 4.78 is 0. The highest BCUT2D eigenvalue weighted by Crippen LogP contribution is 2.17. The number of anilines is 1. The molecule has 1 aromatic heterocycles. The lowest BCUT2D eigenvalue weighted by molar-refractivity contribution is -0.116. The van der Waals surface area contributed by atoms with Gasteiger partial charge in [-0.3, -0.25) is 9.59 Å². The second-order valence-corrected chi connectivity index (χ2v) is 5.76. The van der Waals surface area contributed by atoms with Crippen molar-refractivity contribution in [1.82, 2.24) is 5.32 Å². The molecule has 0 aliphatic rings. The van der Waals surface area contributed by atoms with E-state index in [1.165, 1.54) is 18.3 Å². The van der Waals surface area contributed by atoms with Gasteiger partial charge in [-0.1, -0.05) is 17.7 Å². The second-order valence-electron chi connectivity index (χ2n) is 4.38. The fourth-order valence-corrected chi connectivity index (χ4v) is 2.63. The fourth-order valence-electron chi connectivity index (χ4n) is 1.87. The van der Waals surface area contributed by atoms with Gasteiger partial charge in [0.1, 0.15) is 0 Å². The smallest absolute Gasteiger partial charge is 0.261 e. The first-order valence-electron chi connectivity index (χ1n) is 6.43. The Bertz CT molecular complexity index is 611. The highest BCUT2D eigenvalue weighted by Gasteiger charge is 2.12. The van der Waals surface area contributed by atoms with Crippen LogP contribution in [0, 0.1) is 0 Å². The molecule has 0 fully saturated rings. The molecule has 0 unspecified atom stereocenters. The van der Waals surface area contributed by atoms with Crippen LogP contribution in [0.5, 0.6) is 0 Å². The van der Waals surface area contributed by atoms with E-state index in [-0.39, 0.29) is 11.8 Å². The average Bonchev–Trinajstić information content (AvgIpc) is 2.98. The summed E-state index contributed by atoms with van der Waals surface area (Å²) in [7, 11) is 0. The van der Waals surface area contributed by atoms with Gasteiger partial charge in [0.25, 0.3) is 5.91 Å². The summed E-state index contributed by atoms with van der Waals surface area (Å²) in [5, 5.41) is 5.27. The molecule has 0 saturated carbocycles. The van der Waals surface area contributed by atoms with E-state index in [4.69, 9.17) is 11.6 Å². The van der Waals surface area contributed by atoms with Gasteiger partial charge in [0, 0.05) is 30.7 Å². The van der Waals surface area contributed by atoms with E-state index < -0.39 is 0 Å². The van der Waals surface area contributed by atoms with Crippen LogP contribution in [0.3, 0.4) is 0 Å². The molecule has 0 atom stereocenters. The molecule has 1 N–H and O–H groups in total. The molecule has 0 bridgehead atoms. The first kappa shape index (κ1) is 15.5. The third kappa shape index (κ3) is 4.31. The lowest BCUT2D eigenvalue weighted by atomic mass is 10.3. The van der Waals surface area contributed by atoms with Crippen molar-refractivity contribution in [2.45, 2.75) is 6.92 Å². The Morgan fingerprint density at radius 2 is 1.95 bits per heavy atom. The van der Waals surface area contributed by atoms with E-state index in [1.54, 1.807) is 35.2 Å². The van der Waals surface area contributed by atoms with Gasteiger partial charge in [-0.05, 0) is 35.7 Å². The number of hydrogen-bond donors (Lipinski definition) is 1. The van der Waals surface area contributed by atoms with E-state index in [2.05, 4.69) is 5.32 Å². The zero-order valence-electron chi connectivity index (χ0n) is 11.5. The molecular weight excluding hydrogens is 308 g/mol. The van der Waals surface area contributed by atoms with E-state index in [1.807, 2.05) is 11.4 Å². The molecule has 21 heavy (non-hydrogen) atoms. The van der Waals surface area contributed by atoms with Gasteiger partial charge in [-0.2, -0.15) is 0 Å². The highest BCUT2D eigenvalue weighted by atomic mass is 35.5. The van der Waals surface area contributed by atoms with E-state index in [9.17, 15) is 9.59 Å². The van der Waals surface area contributed by atoms with Gasteiger partial charge in [0.2, 0.25) is 5.91 Å². The van der Waals surface area contributed by atoms with Gasteiger partial charge < -0.3 is 10.2 Å². The topological polar surface area (TPSA) is 49.4 Å². The van der Waals surface area contributed by atoms with E-state index in [0.717, 1.165) is 5.69 Å². The number of carbonyl (C=O) groups excluding carboxylic acids is 2. The second kappa shape index (κ2) is 7.24.